The van der Waals surface area contributed by atoms with Crippen molar-refractivity contribution in [2.75, 3.05) is 11.5 Å². The number of hydrogen-bond acceptors (Lipinski definition) is 7. The molecule has 4 nitrogen and oxygen atoms in total. The molecule has 2 aliphatic rings. The number of fused-ring (bicyclic) bond motifs is 6. The predicted molar refractivity (Wildman–Crippen MR) is 121 cm³/mol. The maximum Gasteiger partial charge on any atom is 0.282 e. The first-order chi connectivity index (χ1) is 13.8. The molecule has 142 valence electrons. The number of benzene rings is 1. The van der Waals surface area contributed by atoms with Gasteiger partial charge < -0.3 is 4.57 Å². The molecule has 1 aliphatic carbocycles. The standard InChI is InChI=1S/C20H17N3OS4/c24-17-16-12-5-1-3-7-14(12)27-18(16)23-11(9-25-19(23)22-17)10-26-20-21-13-6-2-4-8-15(13)28-20/h2,4,6,8,11H,1,3,5,7,9-10H2/t11-/m0/s1. The van der Waals surface area contributed by atoms with E-state index in [1.165, 1.54) is 28.0 Å². The number of thiophene rings is 1. The highest BCUT2D eigenvalue weighted by atomic mass is 32.2. The van der Waals surface area contributed by atoms with Gasteiger partial charge in [0.15, 0.2) is 9.50 Å². The molecule has 0 saturated carbocycles. The lowest BCUT2D eigenvalue weighted by Gasteiger charge is -2.14. The smallest absolute Gasteiger partial charge is 0.282 e. The van der Waals surface area contributed by atoms with Gasteiger partial charge in [-0.2, -0.15) is 4.98 Å². The lowest BCUT2D eigenvalue weighted by Crippen LogP contribution is -2.17. The summed E-state index contributed by atoms with van der Waals surface area (Å²) in [7, 11) is 0. The fourth-order valence-electron chi connectivity index (χ4n) is 4.10. The first kappa shape index (κ1) is 17.5. The topological polar surface area (TPSA) is 47.8 Å². The van der Waals surface area contributed by atoms with E-state index in [1.807, 2.05) is 29.2 Å². The summed E-state index contributed by atoms with van der Waals surface area (Å²) in [6, 6.07) is 8.66. The van der Waals surface area contributed by atoms with E-state index >= 15 is 0 Å². The van der Waals surface area contributed by atoms with Gasteiger partial charge in [0.25, 0.3) is 5.56 Å². The van der Waals surface area contributed by atoms with Gasteiger partial charge in [0.1, 0.15) is 4.83 Å². The molecule has 0 unspecified atom stereocenters. The number of aryl methyl sites for hydroxylation is 2. The first-order valence-corrected chi connectivity index (χ1v) is 13.1. The lowest BCUT2D eigenvalue weighted by molar-refractivity contribution is 0.595. The number of rotatable bonds is 3. The Morgan fingerprint density at radius 3 is 2.96 bits per heavy atom. The van der Waals surface area contributed by atoms with Crippen molar-refractivity contribution in [1.29, 1.82) is 0 Å². The maximum absolute atomic E-state index is 12.7. The number of thioether (sulfide) groups is 2. The Labute approximate surface area is 178 Å². The second-order valence-electron chi connectivity index (χ2n) is 7.18. The zero-order chi connectivity index (χ0) is 18.7. The minimum absolute atomic E-state index is 0.0207. The van der Waals surface area contributed by atoms with Crippen LogP contribution in [0.2, 0.25) is 0 Å². The normalized spacial score (nSPS) is 18.6. The van der Waals surface area contributed by atoms with Crippen molar-refractivity contribution in [2.24, 2.45) is 0 Å². The van der Waals surface area contributed by atoms with Gasteiger partial charge >= 0.3 is 0 Å². The molecule has 3 aromatic heterocycles. The Bertz CT molecular complexity index is 1240. The SMILES string of the molecule is O=c1nc2n(c3sc4c(c13)CCCC4)[C@H](CSc1nc3ccccc3s1)CS2. The van der Waals surface area contributed by atoms with E-state index in [4.69, 9.17) is 4.98 Å². The van der Waals surface area contributed by atoms with Gasteiger partial charge in [0.2, 0.25) is 0 Å². The zero-order valence-electron chi connectivity index (χ0n) is 15.0. The molecule has 8 heteroatoms. The van der Waals surface area contributed by atoms with Gasteiger partial charge in [0, 0.05) is 16.4 Å². The van der Waals surface area contributed by atoms with Gasteiger partial charge in [-0.25, -0.2) is 4.98 Å². The molecule has 4 aromatic rings. The third-order valence-corrected chi connectivity index (χ3v) is 10.1. The molecule has 0 fully saturated rings. The van der Waals surface area contributed by atoms with Crippen molar-refractivity contribution in [3.8, 4) is 0 Å². The van der Waals surface area contributed by atoms with Gasteiger partial charge in [-0.3, -0.25) is 4.79 Å². The van der Waals surface area contributed by atoms with Crippen molar-refractivity contribution >= 4 is 66.6 Å². The van der Waals surface area contributed by atoms with Crippen LogP contribution in [0.4, 0.5) is 0 Å². The third kappa shape index (κ3) is 2.76. The van der Waals surface area contributed by atoms with Crippen molar-refractivity contribution in [3.05, 3.63) is 45.1 Å². The molecular formula is C20H17N3OS4. The van der Waals surface area contributed by atoms with Crippen LogP contribution in [-0.2, 0) is 12.8 Å². The second kappa shape index (κ2) is 6.86. The van der Waals surface area contributed by atoms with Crippen molar-refractivity contribution < 1.29 is 0 Å². The molecule has 0 amide bonds. The van der Waals surface area contributed by atoms with E-state index in [9.17, 15) is 4.79 Å². The van der Waals surface area contributed by atoms with E-state index in [-0.39, 0.29) is 5.56 Å². The molecule has 0 N–H and O–H groups in total. The minimum atomic E-state index is -0.0207. The van der Waals surface area contributed by atoms with Gasteiger partial charge in [-0.15, -0.1) is 22.7 Å². The van der Waals surface area contributed by atoms with Crippen LogP contribution in [0.5, 0.6) is 0 Å². The van der Waals surface area contributed by atoms with Crippen LogP contribution in [0.1, 0.15) is 29.3 Å². The number of para-hydroxylation sites is 1. The maximum atomic E-state index is 12.7. The quantitative estimate of drug-likeness (QED) is 0.314. The molecule has 6 rings (SSSR count). The van der Waals surface area contributed by atoms with Gasteiger partial charge in [0.05, 0.1) is 21.6 Å². The molecule has 1 atom stereocenters. The van der Waals surface area contributed by atoms with E-state index in [2.05, 4.69) is 27.8 Å². The van der Waals surface area contributed by atoms with Crippen LogP contribution < -0.4 is 5.56 Å². The summed E-state index contributed by atoms with van der Waals surface area (Å²) in [5.41, 5.74) is 2.34. The summed E-state index contributed by atoms with van der Waals surface area (Å²) >= 11 is 7.14. The molecule has 4 heterocycles. The average molecular weight is 444 g/mol. The van der Waals surface area contributed by atoms with Crippen LogP contribution in [0, 0.1) is 0 Å². The highest BCUT2D eigenvalue weighted by Crippen LogP contribution is 2.42. The molecule has 0 radical (unpaired) electrons. The summed E-state index contributed by atoms with van der Waals surface area (Å²) < 4.78 is 4.71. The van der Waals surface area contributed by atoms with Crippen LogP contribution in [-0.4, -0.2) is 26.0 Å². The zero-order valence-corrected chi connectivity index (χ0v) is 18.3. The van der Waals surface area contributed by atoms with Crippen LogP contribution >= 0.6 is 46.2 Å². The van der Waals surface area contributed by atoms with Crippen LogP contribution in [0.3, 0.4) is 0 Å². The number of aromatic nitrogens is 3. The Kier molecular flexibility index (Phi) is 4.29. The van der Waals surface area contributed by atoms with E-state index < -0.39 is 0 Å². The molecular weight excluding hydrogens is 427 g/mol. The number of thiazole rings is 1. The predicted octanol–water partition coefficient (Wildman–Crippen LogP) is 5.39. The van der Waals surface area contributed by atoms with Gasteiger partial charge in [-0.05, 0) is 43.4 Å². The highest BCUT2D eigenvalue weighted by Gasteiger charge is 2.30. The van der Waals surface area contributed by atoms with E-state index in [0.29, 0.717) is 6.04 Å². The molecule has 0 spiro atoms. The van der Waals surface area contributed by atoms with Gasteiger partial charge in [-0.1, -0.05) is 35.7 Å². The third-order valence-electron chi connectivity index (χ3n) is 5.43. The van der Waals surface area contributed by atoms with Crippen molar-refractivity contribution in [1.82, 2.24) is 14.5 Å². The minimum Gasteiger partial charge on any atom is -0.307 e. The van der Waals surface area contributed by atoms with E-state index in [1.54, 1.807) is 23.1 Å². The second-order valence-corrected chi connectivity index (χ2v) is 11.6. The summed E-state index contributed by atoms with van der Waals surface area (Å²) in [5.74, 6) is 1.94. The van der Waals surface area contributed by atoms with Crippen molar-refractivity contribution in [3.63, 3.8) is 0 Å². The Morgan fingerprint density at radius 2 is 2.04 bits per heavy atom. The average Bonchev–Trinajstić information content (AvgIpc) is 3.40. The monoisotopic (exact) mass is 443 g/mol. The first-order valence-electron chi connectivity index (χ1n) is 9.46. The highest BCUT2D eigenvalue weighted by molar-refractivity contribution is 8.01. The summed E-state index contributed by atoms with van der Waals surface area (Å²) in [5, 5.41) is 1.80. The van der Waals surface area contributed by atoms with Crippen LogP contribution in [0.15, 0.2) is 38.6 Å². The molecule has 0 bridgehead atoms. The Morgan fingerprint density at radius 1 is 1.14 bits per heavy atom. The molecule has 1 aromatic carbocycles. The molecule has 1 aliphatic heterocycles. The fourth-order valence-corrected chi connectivity index (χ4v) is 9.06. The Hall–Kier alpha value is -1.35. The Balaban J connectivity index is 1.37. The van der Waals surface area contributed by atoms with Crippen LogP contribution in [0.25, 0.3) is 20.4 Å². The largest absolute Gasteiger partial charge is 0.307 e. The fraction of sp³-hybridized carbons (Fsp3) is 0.350. The number of hydrogen-bond donors (Lipinski definition) is 0. The summed E-state index contributed by atoms with van der Waals surface area (Å²) in [6.45, 7) is 0. The van der Waals surface area contributed by atoms with E-state index in [0.717, 1.165) is 49.6 Å². The number of nitrogens with zero attached hydrogens (tertiary/aromatic N) is 3. The van der Waals surface area contributed by atoms with Crippen molar-refractivity contribution in [2.45, 2.75) is 41.2 Å². The molecule has 28 heavy (non-hydrogen) atoms. The molecule has 0 saturated heterocycles. The summed E-state index contributed by atoms with van der Waals surface area (Å²) in [6.07, 6.45) is 4.57. The lowest BCUT2D eigenvalue weighted by atomic mass is 9.97. The summed E-state index contributed by atoms with van der Waals surface area (Å²) in [4.78, 5) is 24.5.